The summed E-state index contributed by atoms with van der Waals surface area (Å²) >= 11 is 0. The van der Waals surface area contributed by atoms with Crippen molar-refractivity contribution in [3.63, 3.8) is 0 Å². The van der Waals surface area contributed by atoms with E-state index in [1.165, 1.54) is 4.90 Å². The minimum Gasteiger partial charge on any atom is -0.398 e. The molecule has 6 nitrogen and oxygen atoms in total. The molecule has 13 heavy (non-hydrogen) atoms. The highest BCUT2D eigenvalue weighted by Gasteiger charge is 2.51. The fourth-order valence-electron chi connectivity index (χ4n) is 1.57. The van der Waals surface area contributed by atoms with Gasteiger partial charge in [-0.05, 0) is 6.42 Å². The molecule has 1 unspecified atom stereocenters. The minimum atomic E-state index is -1.82. The smallest absolute Gasteiger partial charge is 0.308 e. The third-order valence-electron chi connectivity index (χ3n) is 2.30. The van der Waals surface area contributed by atoms with Crippen LogP contribution >= 0.6 is 0 Å². The standard InChI is InChI=1S/C7H10N4O2/c8-4-2-1-3-11-6(9)10-5(12)7(4,11)13/h2,13H,1,3,8H2,(H2,9,10,12). The molecule has 2 aliphatic rings. The number of rotatable bonds is 0. The summed E-state index contributed by atoms with van der Waals surface area (Å²) in [5, 5.41) is 9.91. The lowest BCUT2D eigenvalue weighted by Gasteiger charge is -2.35. The van der Waals surface area contributed by atoms with E-state index < -0.39 is 11.6 Å². The van der Waals surface area contributed by atoms with Gasteiger partial charge in [-0.25, -0.2) is 0 Å². The number of hydrogen-bond acceptors (Lipinski definition) is 5. The summed E-state index contributed by atoms with van der Waals surface area (Å²) in [5.41, 5.74) is 9.25. The number of carbonyl (C=O) groups excluding carboxylic acids is 1. The monoisotopic (exact) mass is 182 g/mol. The van der Waals surface area contributed by atoms with Gasteiger partial charge in [0.15, 0.2) is 0 Å². The van der Waals surface area contributed by atoms with Crippen LogP contribution in [-0.2, 0) is 4.79 Å². The van der Waals surface area contributed by atoms with E-state index in [1.54, 1.807) is 6.08 Å². The van der Waals surface area contributed by atoms with Crippen LogP contribution in [0.4, 0.5) is 0 Å². The summed E-state index contributed by atoms with van der Waals surface area (Å²) in [7, 11) is 0. The number of nitrogens with zero attached hydrogens (tertiary/aromatic N) is 2. The normalized spacial score (nSPS) is 32.7. The first kappa shape index (κ1) is 8.06. The number of aliphatic imine (C=N–C) groups is 1. The van der Waals surface area contributed by atoms with Crippen LogP contribution in [0.5, 0.6) is 0 Å². The molecule has 2 rings (SSSR count). The molecular weight excluding hydrogens is 172 g/mol. The van der Waals surface area contributed by atoms with Gasteiger partial charge < -0.3 is 21.5 Å². The first-order valence-corrected chi connectivity index (χ1v) is 3.91. The molecule has 0 aromatic carbocycles. The summed E-state index contributed by atoms with van der Waals surface area (Å²) in [6, 6.07) is 0. The fraction of sp³-hybridized carbons (Fsp3) is 0.429. The number of carbonyl (C=O) groups is 1. The largest absolute Gasteiger partial charge is 0.398 e. The molecule has 2 aliphatic heterocycles. The average molecular weight is 182 g/mol. The molecule has 0 fully saturated rings. The van der Waals surface area contributed by atoms with E-state index in [9.17, 15) is 9.90 Å². The van der Waals surface area contributed by atoms with Crippen molar-refractivity contribution < 1.29 is 9.90 Å². The van der Waals surface area contributed by atoms with Crippen LogP contribution < -0.4 is 11.5 Å². The Bertz CT molecular complexity index is 335. The van der Waals surface area contributed by atoms with Crippen molar-refractivity contribution in [2.24, 2.45) is 16.5 Å². The van der Waals surface area contributed by atoms with Crippen LogP contribution in [-0.4, -0.2) is 34.1 Å². The Labute approximate surface area is 74.5 Å². The fourth-order valence-corrected chi connectivity index (χ4v) is 1.57. The maximum absolute atomic E-state index is 11.3. The molecule has 0 spiro atoms. The quantitative estimate of drug-likeness (QED) is 0.405. The van der Waals surface area contributed by atoms with Crippen LogP contribution in [0.25, 0.3) is 0 Å². The minimum absolute atomic E-state index is 0.0311. The van der Waals surface area contributed by atoms with Crippen molar-refractivity contribution in [2.45, 2.75) is 12.1 Å². The topological polar surface area (TPSA) is 105 Å². The summed E-state index contributed by atoms with van der Waals surface area (Å²) < 4.78 is 0. The maximum Gasteiger partial charge on any atom is 0.308 e. The second kappa shape index (κ2) is 2.23. The summed E-state index contributed by atoms with van der Waals surface area (Å²) in [4.78, 5) is 16.0. The number of aliphatic hydroxyl groups is 1. The molecule has 5 N–H and O–H groups in total. The van der Waals surface area contributed by atoms with E-state index in [2.05, 4.69) is 4.99 Å². The molecule has 0 saturated heterocycles. The molecule has 0 radical (unpaired) electrons. The van der Waals surface area contributed by atoms with E-state index in [1.807, 2.05) is 0 Å². The number of nitrogens with two attached hydrogens (primary N) is 2. The van der Waals surface area contributed by atoms with Gasteiger partial charge in [0.05, 0.1) is 5.70 Å². The average Bonchev–Trinajstić information content (AvgIpc) is 2.29. The molecule has 1 atom stereocenters. The highest BCUT2D eigenvalue weighted by Crippen LogP contribution is 2.29. The molecule has 70 valence electrons. The number of amides is 1. The van der Waals surface area contributed by atoms with Crippen LogP contribution in [0.3, 0.4) is 0 Å². The Hall–Kier alpha value is -1.56. The SMILES string of the molecule is NC1=CCCN2C(N)=NC(=O)C12O. The van der Waals surface area contributed by atoms with E-state index in [0.717, 1.165) is 0 Å². The Morgan fingerprint density at radius 1 is 1.62 bits per heavy atom. The van der Waals surface area contributed by atoms with Crippen molar-refractivity contribution >= 4 is 11.9 Å². The Balaban J connectivity index is 2.50. The Morgan fingerprint density at radius 2 is 2.31 bits per heavy atom. The van der Waals surface area contributed by atoms with Crippen molar-refractivity contribution in [1.82, 2.24) is 4.90 Å². The van der Waals surface area contributed by atoms with Crippen LogP contribution in [0.15, 0.2) is 16.8 Å². The van der Waals surface area contributed by atoms with E-state index in [-0.39, 0.29) is 11.7 Å². The summed E-state index contributed by atoms with van der Waals surface area (Å²) in [6.45, 7) is 0.457. The van der Waals surface area contributed by atoms with Crippen LogP contribution in [0.1, 0.15) is 6.42 Å². The van der Waals surface area contributed by atoms with Crippen LogP contribution in [0, 0.1) is 0 Å². The molecule has 0 aliphatic carbocycles. The van der Waals surface area contributed by atoms with E-state index >= 15 is 0 Å². The molecule has 6 heteroatoms. The van der Waals surface area contributed by atoms with Crippen molar-refractivity contribution in [3.05, 3.63) is 11.8 Å². The van der Waals surface area contributed by atoms with Gasteiger partial charge in [0.25, 0.3) is 5.72 Å². The lowest BCUT2D eigenvalue weighted by atomic mass is 10.0. The second-order valence-corrected chi connectivity index (χ2v) is 3.05. The molecular formula is C7H10N4O2. The molecule has 2 heterocycles. The number of fused-ring (bicyclic) bond motifs is 1. The molecule has 0 saturated carbocycles. The van der Waals surface area contributed by atoms with Gasteiger partial charge in [-0.15, -0.1) is 0 Å². The number of guanidine groups is 1. The third-order valence-corrected chi connectivity index (χ3v) is 2.30. The summed E-state index contributed by atoms with van der Waals surface area (Å²) in [5.74, 6) is -0.679. The summed E-state index contributed by atoms with van der Waals surface area (Å²) in [6.07, 6.45) is 2.26. The predicted octanol–water partition coefficient (Wildman–Crippen LogP) is -1.92. The maximum atomic E-state index is 11.3. The molecule has 0 bridgehead atoms. The second-order valence-electron chi connectivity index (χ2n) is 3.05. The van der Waals surface area contributed by atoms with Gasteiger partial charge in [-0.3, -0.25) is 4.79 Å². The van der Waals surface area contributed by atoms with Crippen LogP contribution in [0.2, 0.25) is 0 Å². The first-order valence-electron chi connectivity index (χ1n) is 3.91. The Morgan fingerprint density at radius 3 is 2.92 bits per heavy atom. The van der Waals surface area contributed by atoms with Gasteiger partial charge >= 0.3 is 5.91 Å². The molecule has 0 aromatic heterocycles. The van der Waals surface area contributed by atoms with Crippen molar-refractivity contribution in [1.29, 1.82) is 0 Å². The zero-order valence-electron chi connectivity index (χ0n) is 6.90. The zero-order chi connectivity index (χ0) is 9.64. The third kappa shape index (κ3) is 0.803. The van der Waals surface area contributed by atoms with Gasteiger partial charge in [0.2, 0.25) is 5.96 Å². The van der Waals surface area contributed by atoms with Crippen molar-refractivity contribution in [2.75, 3.05) is 6.54 Å². The van der Waals surface area contributed by atoms with Gasteiger partial charge in [-0.1, -0.05) is 6.08 Å². The highest BCUT2D eigenvalue weighted by atomic mass is 16.3. The van der Waals surface area contributed by atoms with Crippen molar-refractivity contribution in [3.8, 4) is 0 Å². The van der Waals surface area contributed by atoms with E-state index in [0.29, 0.717) is 13.0 Å². The van der Waals surface area contributed by atoms with Gasteiger partial charge in [-0.2, -0.15) is 4.99 Å². The van der Waals surface area contributed by atoms with Gasteiger partial charge in [0, 0.05) is 6.54 Å². The lowest BCUT2D eigenvalue weighted by Crippen LogP contribution is -2.58. The van der Waals surface area contributed by atoms with E-state index in [4.69, 9.17) is 11.5 Å². The predicted molar refractivity (Wildman–Crippen MR) is 45.2 cm³/mol. The first-order chi connectivity index (χ1) is 6.06. The number of hydrogen-bond donors (Lipinski definition) is 3. The molecule has 1 amide bonds. The molecule has 0 aromatic rings. The lowest BCUT2D eigenvalue weighted by molar-refractivity contribution is -0.141. The zero-order valence-corrected chi connectivity index (χ0v) is 6.90. The highest BCUT2D eigenvalue weighted by molar-refractivity contribution is 6.05. The Kier molecular flexibility index (Phi) is 1.38. The van der Waals surface area contributed by atoms with Gasteiger partial charge in [0.1, 0.15) is 0 Å².